The van der Waals surface area contributed by atoms with E-state index >= 15 is 0 Å². The number of primary amides is 1. The Morgan fingerprint density at radius 2 is 1.89 bits per heavy atom. The van der Waals surface area contributed by atoms with Crippen molar-refractivity contribution in [3.05, 3.63) is 53.4 Å². The fraction of sp³-hybridized carbons (Fsp3) is 0.217. The molecule has 0 saturated heterocycles. The maximum Gasteiger partial charge on any atom is 0.269 e. The molecule has 0 atom stereocenters. The molecule has 0 spiro atoms. The van der Waals surface area contributed by atoms with Gasteiger partial charge in [-0.2, -0.15) is 5.10 Å². The first-order valence-corrected chi connectivity index (χ1v) is 10.6. The molecule has 2 aromatic heterocycles. The van der Waals surface area contributed by atoms with Crippen LogP contribution in [0.5, 0.6) is 0 Å². The Balaban J connectivity index is 1.73. The van der Waals surface area contributed by atoms with Gasteiger partial charge in [0, 0.05) is 47.2 Å². The molecule has 6 N–H and O–H groups in total. The first kappa shape index (κ1) is 22.6. The minimum Gasteiger partial charge on any atom is -0.395 e. The number of aromatic amines is 1. The highest BCUT2D eigenvalue weighted by Gasteiger charge is 2.45. The molecule has 1 amide bonds. The Morgan fingerprint density at radius 3 is 2.57 bits per heavy atom. The third kappa shape index (κ3) is 3.90. The van der Waals surface area contributed by atoms with Crippen molar-refractivity contribution in [2.24, 2.45) is 5.73 Å². The Morgan fingerprint density at radius 1 is 1.17 bits per heavy atom. The SMILES string of the molecule is Cc1ccc2[nH]ncc2c1-c1nc(-c2cc(F)c(F)cc2NC2CC(F)(F)C2)nc(C(N)=O)c1N. The average molecular weight is 485 g/mol. The van der Waals surface area contributed by atoms with Crippen molar-refractivity contribution in [1.29, 1.82) is 0 Å². The zero-order valence-electron chi connectivity index (χ0n) is 18.3. The topological polar surface area (TPSA) is 136 Å². The number of anilines is 2. The summed E-state index contributed by atoms with van der Waals surface area (Å²) >= 11 is 0. The van der Waals surface area contributed by atoms with Gasteiger partial charge in [-0.3, -0.25) is 9.89 Å². The average Bonchev–Trinajstić information content (AvgIpc) is 3.24. The highest BCUT2D eigenvalue weighted by atomic mass is 19.3. The van der Waals surface area contributed by atoms with Gasteiger partial charge >= 0.3 is 0 Å². The molecular weight excluding hydrogens is 466 g/mol. The van der Waals surface area contributed by atoms with Gasteiger partial charge in [-0.1, -0.05) is 6.07 Å². The van der Waals surface area contributed by atoms with Gasteiger partial charge in [0.25, 0.3) is 11.8 Å². The fourth-order valence-electron chi connectivity index (χ4n) is 4.24. The highest BCUT2D eigenvalue weighted by Crippen LogP contribution is 2.41. The maximum absolute atomic E-state index is 14.3. The molecular formula is C23H19F4N7O. The van der Waals surface area contributed by atoms with Crippen LogP contribution in [0.15, 0.2) is 30.5 Å². The molecule has 2 aromatic carbocycles. The molecule has 5 rings (SSSR count). The summed E-state index contributed by atoms with van der Waals surface area (Å²) in [6, 6.07) is 4.61. The molecule has 0 bridgehead atoms. The number of halogens is 4. The zero-order valence-corrected chi connectivity index (χ0v) is 18.3. The van der Waals surface area contributed by atoms with Gasteiger partial charge < -0.3 is 16.8 Å². The van der Waals surface area contributed by atoms with E-state index < -0.39 is 42.3 Å². The second-order valence-corrected chi connectivity index (χ2v) is 8.53. The molecule has 0 unspecified atom stereocenters. The Labute approximate surface area is 195 Å². The molecule has 12 heteroatoms. The first-order valence-electron chi connectivity index (χ1n) is 10.6. The standard InChI is InChI=1S/C23H19F4N7O/c1-9-2-3-15-12(8-30-34-15)17(9)19-18(28)20(21(29)35)33-22(32-19)11-4-13(24)14(25)5-16(11)31-10-6-23(26,27)7-10/h2-5,8,10,31H,6-7,28H2,1H3,(H2,29,35)(H,30,34). The predicted octanol–water partition coefficient (Wildman–Crippen LogP) is 4.16. The zero-order chi connectivity index (χ0) is 25.1. The second kappa shape index (κ2) is 7.93. The van der Waals surface area contributed by atoms with Crippen molar-refractivity contribution in [2.75, 3.05) is 11.1 Å². The molecule has 0 aliphatic heterocycles. The number of rotatable bonds is 5. The molecule has 180 valence electrons. The van der Waals surface area contributed by atoms with Crippen molar-refractivity contribution < 1.29 is 22.4 Å². The summed E-state index contributed by atoms with van der Waals surface area (Å²) in [5.74, 6) is -6.37. The summed E-state index contributed by atoms with van der Waals surface area (Å²) in [6.07, 6.45) is 0.630. The third-order valence-corrected chi connectivity index (χ3v) is 6.00. The number of hydrogen-bond acceptors (Lipinski definition) is 6. The van der Waals surface area contributed by atoms with Crippen molar-refractivity contribution >= 4 is 28.2 Å². The van der Waals surface area contributed by atoms with E-state index in [2.05, 4.69) is 25.5 Å². The number of aryl methyl sites for hydroxylation is 1. The number of nitrogen functional groups attached to an aromatic ring is 1. The van der Waals surface area contributed by atoms with Crippen molar-refractivity contribution in [3.63, 3.8) is 0 Å². The number of carbonyl (C=O) groups is 1. The summed E-state index contributed by atoms with van der Waals surface area (Å²) in [6.45, 7) is 1.80. The Bertz CT molecular complexity index is 1490. The Hall–Kier alpha value is -4.22. The van der Waals surface area contributed by atoms with Crippen molar-refractivity contribution in [3.8, 4) is 22.6 Å². The number of alkyl halides is 2. The molecule has 2 heterocycles. The van der Waals surface area contributed by atoms with E-state index in [0.717, 1.165) is 17.7 Å². The van der Waals surface area contributed by atoms with E-state index in [1.165, 1.54) is 0 Å². The summed E-state index contributed by atoms with van der Waals surface area (Å²) in [5, 5.41) is 10.3. The number of amides is 1. The molecule has 35 heavy (non-hydrogen) atoms. The molecule has 0 radical (unpaired) electrons. The van der Waals surface area contributed by atoms with E-state index in [1.54, 1.807) is 25.3 Å². The van der Waals surface area contributed by atoms with Crippen LogP contribution in [0.2, 0.25) is 0 Å². The van der Waals surface area contributed by atoms with Crippen LogP contribution in [-0.2, 0) is 0 Å². The fourth-order valence-corrected chi connectivity index (χ4v) is 4.24. The van der Waals surface area contributed by atoms with Crippen LogP contribution >= 0.6 is 0 Å². The highest BCUT2D eigenvalue weighted by molar-refractivity contribution is 6.04. The first-order chi connectivity index (χ1) is 16.5. The monoisotopic (exact) mass is 485 g/mol. The van der Waals surface area contributed by atoms with Crippen LogP contribution in [-0.4, -0.2) is 38.0 Å². The lowest BCUT2D eigenvalue weighted by atomic mass is 9.88. The molecule has 8 nitrogen and oxygen atoms in total. The van der Waals surface area contributed by atoms with Gasteiger partial charge in [-0.15, -0.1) is 0 Å². The number of fused-ring (bicyclic) bond motifs is 1. The number of nitrogens with zero attached hydrogens (tertiary/aromatic N) is 3. The maximum atomic E-state index is 14.3. The third-order valence-electron chi connectivity index (χ3n) is 6.00. The van der Waals surface area contributed by atoms with Crippen LogP contribution in [0, 0.1) is 18.6 Å². The lowest BCUT2D eigenvalue weighted by Crippen LogP contribution is -2.44. The summed E-state index contributed by atoms with van der Waals surface area (Å²) in [4.78, 5) is 20.8. The van der Waals surface area contributed by atoms with Crippen LogP contribution in [0.1, 0.15) is 28.9 Å². The number of benzene rings is 2. The van der Waals surface area contributed by atoms with Gasteiger partial charge in [0.15, 0.2) is 23.2 Å². The lowest BCUT2D eigenvalue weighted by molar-refractivity contribution is -0.0793. The molecule has 1 aliphatic rings. The van der Waals surface area contributed by atoms with E-state index in [9.17, 15) is 22.4 Å². The van der Waals surface area contributed by atoms with Gasteiger partial charge in [0.1, 0.15) is 0 Å². The Kier molecular flexibility index (Phi) is 5.11. The van der Waals surface area contributed by atoms with Gasteiger partial charge in [0.2, 0.25) is 0 Å². The van der Waals surface area contributed by atoms with Crippen LogP contribution in [0.4, 0.5) is 28.9 Å². The quantitative estimate of drug-likeness (QED) is 0.314. The number of H-pyrrole nitrogens is 1. The minimum absolute atomic E-state index is 0.00576. The van der Waals surface area contributed by atoms with Gasteiger partial charge in [0.05, 0.1) is 23.1 Å². The molecule has 1 saturated carbocycles. The van der Waals surface area contributed by atoms with Crippen LogP contribution in [0.25, 0.3) is 33.5 Å². The largest absolute Gasteiger partial charge is 0.395 e. The minimum atomic E-state index is -2.83. The molecule has 4 aromatic rings. The number of aromatic nitrogens is 4. The normalized spacial score (nSPS) is 15.2. The van der Waals surface area contributed by atoms with E-state index in [-0.39, 0.29) is 34.2 Å². The van der Waals surface area contributed by atoms with Crippen LogP contribution in [0.3, 0.4) is 0 Å². The summed E-state index contributed by atoms with van der Waals surface area (Å²) < 4.78 is 55.1. The van der Waals surface area contributed by atoms with Crippen molar-refractivity contribution in [2.45, 2.75) is 31.7 Å². The van der Waals surface area contributed by atoms with Gasteiger partial charge in [-0.25, -0.2) is 27.5 Å². The summed E-state index contributed by atoms with van der Waals surface area (Å²) in [5.41, 5.74) is 13.4. The number of nitrogens with one attached hydrogen (secondary N) is 2. The van der Waals surface area contributed by atoms with E-state index in [0.29, 0.717) is 16.5 Å². The number of carbonyl (C=O) groups excluding carboxylic acids is 1. The van der Waals surface area contributed by atoms with Crippen molar-refractivity contribution in [1.82, 2.24) is 20.2 Å². The lowest BCUT2D eigenvalue weighted by Gasteiger charge is -2.36. The smallest absolute Gasteiger partial charge is 0.269 e. The number of hydrogen-bond donors (Lipinski definition) is 4. The van der Waals surface area contributed by atoms with E-state index in [1.807, 2.05) is 0 Å². The van der Waals surface area contributed by atoms with Crippen LogP contribution < -0.4 is 16.8 Å². The number of nitrogens with two attached hydrogens (primary N) is 2. The predicted molar refractivity (Wildman–Crippen MR) is 122 cm³/mol. The van der Waals surface area contributed by atoms with Gasteiger partial charge in [-0.05, 0) is 24.6 Å². The summed E-state index contributed by atoms with van der Waals surface area (Å²) in [7, 11) is 0. The van der Waals surface area contributed by atoms with E-state index in [4.69, 9.17) is 11.5 Å². The second-order valence-electron chi connectivity index (χ2n) is 8.53. The molecule has 1 aliphatic carbocycles. The molecule has 1 fully saturated rings.